The van der Waals surface area contributed by atoms with Gasteiger partial charge in [-0.25, -0.2) is 28.9 Å². The standard InChI is InChI=1S/C20H23ClFN10O7PS/c21-20-29-16(24)13-18(30-20)31(5-27-13)10-1-7(8(2-33)37-10)39-40(35,41)36-3-9-14(34)11(22)19(38-9)32-6-28-12-15(23)25-4-26-17(12)32/h4-11,14,19,33-34H,1-3H2,(H,35,41)(H2,23,25,26)(H2,24,29,30)/t7?,8-,9-,10-,11?,14?,19-,40?/m1/s1. The maximum Gasteiger partial charge on any atom is 0.386 e. The lowest BCUT2D eigenvalue weighted by Crippen LogP contribution is -2.31. The lowest BCUT2D eigenvalue weighted by atomic mass is 10.1. The highest BCUT2D eigenvalue weighted by molar-refractivity contribution is 8.44. The van der Waals surface area contributed by atoms with Crippen LogP contribution in [0.5, 0.6) is 0 Å². The Balaban J connectivity index is 1.12. The summed E-state index contributed by atoms with van der Waals surface area (Å²) in [7, 11) is 0. The summed E-state index contributed by atoms with van der Waals surface area (Å²) in [6, 6.07) is 0. The van der Waals surface area contributed by atoms with Crippen LogP contribution in [-0.2, 0) is 23.1 Å². The first-order chi connectivity index (χ1) is 19.6. The van der Waals surface area contributed by atoms with Crippen LogP contribution in [0.15, 0.2) is 19.0 Å². The maximum absolute atomic E-state index is 15.1. The van der Waals surface area contributed by atoms with Crippen LogP contribution in [0.2, 0.25) is 5.28 Å². The fourth-order valence-electron chi connectivity index (χ4n) is 4.76. The molecule has 0 saturated carbocycles. The SMILES string of the molecule is Nc1ncnc2c1ncn2[C@@H]1O[C@H](COP(=O)(S)OC2C[C@H](n3cnc4c(N)nc(Cl)nc43)O[C@@H]2CO)C(O)C1F. The van der Waals surface area contributed by atoms with Crippen LogP contribution in [0.3, 0.4) is 0 Å². The number of thiol groups is 1. The Labute approximate surface area is 239 Å². The van der Waals surface area contributed by atoms with Crippen molar-refractivity contribution in [2.75, 3.05) is 24.7 Å². The van der Waals surface area contributed by atoms with E-state index in [0.717, 1.165) is 0 Å². The lowest BCUT2D eigenvalue weighted by Gasteiger charge is -2.22. The van der Waals surface area contributed by atoms with Gasteiger partial charge in [0.1, 0.15) is 48.0 Å². The van der Waals surface area contributed by atoms with Crippen LogP contribution in [0.25, 0.3) is 22.3 Å². The number of aromatic nitrogens is 8. The van der Waals surface area contributed by atoms with Crippen molar-refractivity contribution >= 4 is 64.6 Å². The summed E-state index contributed by atoms with van der Waals surface area (Å²) in [5.41, 5.74) is 12.7. The molecule has 0 bridgehead atoms. The summed E-state index contributed by atoms with van der Waals surface area (Å²) in [6.45, 7) is -5.16. The van der Waals surface area contributed by atoms with Crippen LogP contribution in [-0.4, -0.2) is 93.1 Å². The fraction of sp³-hybridized carbons (Fsp3) is 0.500. The normalized spacial score (nSPS) is 29.9. The zero-order valence-electron chi connectivity index (χ0n) is 20.7. The number of halogens is 2. The summed E-state index contributed by atoms with van der Waals surface area (Å²) in [5.74, 6) is 0.168. The third-order valence-corrected chi connectivity index (χ3v) is 8.53. The first-order valence-corrected chi connectivity index (χ1v) is 15.1. The van der Waals surface area contributed by atoms with Gasteiger partial charge in [0.05, 0.1) is 25.9 Å². The summed E-state index contributed by atoms with van der Waals surface area (Å²) in [6.07, 6.45) is -4.79. The molecule has 4 aromatic rings. The Morgan fingerprint density at radius 2 is 1.83 bits per heavy atom. The van der Waals surface area contributed by atoms with E-state index in [2.05, 4.69) is 42.2 Å². The lowest BCUT2D eigenvalue weighted by molar-refractivity contribution is -0.0497. The Morgan fingerprint density at radius 1 is 1.10 bits per heavy atom. The van der Waals surface area contributed by atoms with E-state index in [1.807, 2.05) is 0 Å². The van der Waals surface area contributed by atoms with Crippen molar-refractivity contribution in [3.63, 3.8) is 0 Å². The minimum Gasteiger partial charge on any atom is -0.394 e. The average Bonchev–Trinajstić information content (AvgIpc) is 3.69. The number of hydrogen-bond acceptors (Lipinski definition) is 15. The van der Waals surface area contributed by atoms with Crippen LogP contribution in [0.1, 0.15) is 18.9 Å². The second kappa shape index (κ2) is 10.8. The van der Waals surface area contributed by atoms with Gasteiger partial charge in [0.25, 0.3) is 0 Å². The zero-order chi connectivity index (χ0) is 29.1. The van der Waals surface area contributed by atoms with Gasteiger partial charge < -0.3 is 31.2 Å². The average molecular weight is 633 g/mol. The molecule has 0 aliphatic carbocycles. The molecule has 2 aliphatic heterocycles. The molecule has 4 unspecified atom stereocenters. The molecule has 220 valence electrons. The molecule has 21 heteroatoms. The molecule has 2 fully saturated rings. The Hall–Kier alpha value is -2.74. The molecule has 4 aromatic heterocycles. The molecule has 0 aromatic carbocycles. The quantitative estimate of drug-likeness (QED) is 0.103. The van der Waals surface area contributed by atoms with Gasteiger partial charge in [0.15, 0.2) is 35.3 Å². The van der Waals surface area contributed by atoms with E-state index in [9.17, 15) is 14.8 Å². The Bertz CT molecular complexity index is 1650. The van der Waals surface area contributed by atoms with Crippen molar-refractivity contribution in [2.24, 2.45) is 0 Å². The molecular weight excluding hydrogens is 610 g/mol. The number of imidazole rings is 2. The molecule has 0 spiro atoms. The third-order valence-electron chi connectivity index (χ3n) is 6.72. The van der Waals surface area contributed by atoms with E-state index in [1.54, 1.807) is 0 Å². The van der Waals surface area contributed by atoms with Crippen molar-refractivity contribution in [2.45, 2.75) is 49.5 Å². The first-order valence-electron chi connectivity index (χ1n) is 12.0. The van der Waals surface area contributed by atoms with Crippen LogP contribution >= 0.6 is 30.6 Å². The van der Waals surface area contributed by atoms with E-state index in [1.165, 1.54) is 28.1 Å². The number of hydrogen-bond donors (Lipinski definition) is 5. The number of nitrogens with zero attached hydrogens (tertiary/aromatic N) is 8. The molecule has 6 N–H and O–H groups in total. The second-order valence-corrected chi connectivity index (χ2v) is 12.5. The maximum atomic E-state index is 15.1. The highest BCUT2D eigenvalue weighted by atomic mass is 35.5. The van der Waals surface area contributed by atoms with Crippen molar-refractivity contribution in [3.8, 4) is 0 Å². The van der Waals surface area contributed by atoms with E-state index in [4.69, 9.17) is 41.6 Å². The summed E-state index contributed by atoms with van der Waals surface area (Å²) >= 11 is 9.95. The molecule has 6 rings (SSSR count). The first kappa shape index (κ1) is 28.4. The predicted molar refractivity (Wildman–Crippen MR) is 142 cm³/mol. The number of alkyl halides is 1. The molecule has 2 saturated heterocycles. The highest BCUT2D eigenvalue weighted by Gasteiger charge is 2.47. The number of anilines is 2. The van der Waals surface area contributed by atoms with Gasteiger partial charge in [-0.3, -0.25) is 18.2 Å². The minimum absolute atomic E-state index is 0.0734. The fourth-order valence-corrected chi connectivity index (χ4v) is 6.45. The van der Waals surface area contributed by atoms with Gasteiger partial charge in [-0.2, -0.15) is 9.97 Å². The molecule has 6 heterocycles. The van der Waals surface area contributed by atoms with Crippen molar-refractivity contribution in [1.82, 2.24) is 39.0 Å². The Kier molecular flexibility index (Phi) is 7.50. The number of aliphatic hydroxyl groups is 2. The topological polar surface area (TPSA) is 234 Å². The summed E-state index contributed by atoms with van der Waals surface area (Å²) < 4.78 is 53.5. The number of nitrogen functional groups attached to an aromatic ring is 2. The molecule has 0 amide bonds. The van der Waals surface area contributed by atoms with Crippen molar-refractivity contribution in [3.05, 3.63) is 24.3 Å². The van der Waals surface area contributed by atoms with Gasteiger partial charge in [-0.15, -0.1) is 0 Å². The zero-order valence-corrected chi connectivity index (χ0v) is 23.3. The molecule has 17 nitrogen and oxygen atoms in total. The molecule has 8 atom stereocenters. The summed E-state index contributed by atoms with van der Waals surface area (Å²) in [4.78, 5) is 24.1. The molecular formula is C20H23ClFN10O7PS. The molecule has 2 aliphatic rings. The smallest absolute Gasteiger partial charge is 0.386 e. The van der Waals surface area contributed by atoms with E-state index in [0.29, 0.717) is 5.52 Å². The van der Waals surface area contributed by atoms with E-state index < -0.39 is 63.1 Å². The number of fused-ring (bicyclic) bond motifs is 2. The van der Waals surface area contributed by atoms with Crippen LogP contribution in [0, 0.1) is 0 Å². The minimum atomic E-state index is -4.14. The predicted octanol–water partition coefficient (Wildman–Crippen LogP) is 0.800. The Morgan fingerprint density at radius 3 is 2.59 bits per heavy atom. The van der Waals surface area contributed by atoms with Gasteiger partial charge >= 0.3 is 6.80 Å². The largest absolute Gasteiger partial charge is 0.394 e. The van der Waals surface area contributed by atoms with E-state index >= 15 is 4.39 Å². The van der Waals surface area contributed by atoms with Crippen LogP contribution < -0.4 is 11.5 Å². The number of ether oxygens (including phenoxy) is 2. The number of aliphatic hydroxyl groups excluding tert-OH is 2. The number of nitrogens with two attached hydrogens (primary N) is 2. The van der Waals surface area contributed by atoms with E-state index in [-0.39, 0.29) is 40.2 Å². The van der Waals surface area contributed by atoms with Crippen LogP contribution in [0.4, 0.5) is 16.0 Å². The van der Waals surface area contributed by atoms with Gasteiger partial charge in [0, 0.05) is 6.42 Å². The summed E-state index contributed by atoms with van der Waals surface area (Å²) in [5, 5.41) is 20.2. The van der Waals surface area contributed by atoms with Gasteiger partial charge in [-0.05, 0) is 11.6 Å². The van der Waals surface area contributed by atoms with Crippen molar-refractivity contribution in [1.29, 1.82) is 0 Å². The monoisotopic (exact) mass is 632 g/mol. The second-order valence-electron chi connectivity index (χ2n) is 9.24. The molecule has 41 heavy (non-hydrogen) atoms. The van der Waals surface area contributed by atoms with Crippen molar-refractivity contribution < 1.29 is 37.7 Å². The third kappa shape index (κ3) is 5.21. The van der Waals surface area contributed by atoms with Gasteiger partial charge in [-0.1, -0.05) is 12.2 Å². The van der Waals surface area contributed by atoms with Gasteiger partial charge in [0.2, 0.25) is 5.28 Å². The molecule has 0 radical (unpaired) electrons. The number of rotatable bonds is 8. The highest BCUT2D eigenvalue weighted by Crippen LogP contribution is 2.56.